The van der Waals surface area contributed by atoms with Crippen molar-refractivity contribution in [3.8, 4) is 17.1 Å². The monoisotopic (exact) mass is 381 g/mol. The summed E-state index contributed by atoms with van der Waals surface area (Å²) >= 11 is 0. The van der Waals surface area contributed by atoms with Gasteiger partial charge in [-0.25, -0.2) is 9.97 Å². The molecule has 0 aliphatic carbocycles. The van der Waals surface area contributed by atoms with Gasteiger partial charge in [-0.05, 0) is 42.5 Å². The second-order valence-corrected chi connectivity index (χ2v) is 6.81. The van der Waals surface area contributed by atoms with Crippen LogP contribution in [0.25, 0.3) is 33.2 Å². The maximum Gasteiger partial charge on any atom is 0.162 e. The van der Waals surface area contributed by atoms with Crippen LogP contribution in [0.2, 0.25) is 0 Å². The first-order valence-electron chi connectivity index (χ1n) is 9.31. The molecule has 6 nitrogen and oxygen atoms in total. The fourth-order valence-corrected chi connectivity index (χ4v) is 3.44. The van der Waals surface area contributed by atoms with Crippen molar-refractivity contribution in [3.05, 3.63) is 72.9 Å². The molecule has 0 atom stereocenters. The van der Waals surface area contributed by atoms with Crippen LogP contribution in [0.1, 0.15) is 0 Å². The number of aryl methyl sites for hydroxylation is 1. The molecule has 142 valence electrons. The highest BCUT2D eigenvalue weighted by molar-refractivity contribution is 5.93. The third-order valence-electron chi connectivity index (χ3n) is 4.94. The third kappa shape index (κ3) is 3.14. The van der Waals surface area contributed by atoms with E-state index in [0.717, 1.165) is 44.6 Å². The zero-order chi connectivity index (χ0) is 19.8. The second-order valence-electron chi connectivity index (χ2n) is 6.81. The number of nitrogens with one attached hydrogen (secondary N) is 1. The molecule has 0 fully saturated rings. The molecule has 5 rings (SSSR count). The van der Waals surface area contributed by atoms with Crippen molar-refractivity contribution in [1.82, 2.24) is 19.7 Å². The van der Waals surface area contributed by atoms with Gasteiger partial charge in [0.15, 0.2) is 5.82 Å². The van der Waals surface area contributed by atoms with E-state index in [4.69, 9.17) is 14.7 Å². The van der Waals surface area contributed by atoms with Crippen molar-refractivity contribution in [2.45, 2.75) is 0 Å². The van der Waals surface area contributed by atoms with Crippen LogP contribution in [-0.2, 0) is 7.05 Å². The second kappa shape index (κ2) is 6.91. The summed E-state index contributed by atoms with van der Waals surface area (Å²) in [5, 5.41) is 9.82. The standard InChI is InChI=1S/C23H19N5O/c1-28-21-11-10-17(12-16(21)14-24-28)25-23-19-8-3-4-9-20(19)26-22(27-23)15-6-5-7-18(13-15)29-2/h3-14H,1-2H3,(H,25,26,27). The number of para-hydroxylation sites is 1. The Bertz CT molecular complexity index is 1340. The first-order chi connectivity index (χ1) is 14.2. The van der Waals surface area contributed by atoms with Gasteiger partial charge in [-0.2, -0.15) is 5.10 Å². The number of aromatic nitrogens is 4. The van der Waals surface area contributed by atoms with Gasteiger partial charge in [-0.3, -0.25) is 4.68 Å². The van der Waals surface area contributed by atoms with Gasteiger partial charge in [0.25, 0.3) is 0 Å². The lowest BCUT2D eigenvalue weighted by molar-refractivity contribution is 0.415. The molecule has 3 aromatic carbocycles. The summed E-state index contributed by atoms with van der Waals surface area (Å²) in [6.07, 6.45) is 1.86. The molecular weight excluding hydrogens is 362 g/mol. The summed E-state index contributed by atoms with van der Waals surface area (Å²) in [4.78, 5) is 9.58. The van der Waals surface area contributed by atoms with Gasteiger partial charge >= 0.3 is 0 Å². The molecule has 1 N–H and O–H groups in total. The van der Waals surface area contributed by atoms with Crippen LogP contribution < -0.4 is 10.1 Å². The number of rotatable bonds is 4. The maximum atomic E-state index is 5.35. The number of anilines is 2. The fourth-order valence-electron chi connectivity index (χ4n) is 3.44. The Morgan fingerprint density at radius 1 is 0.931 bits per heavy atom. The zero-order valence-electron chi connectivity index (χ0n) is 16.1. The van der Waals surface area contributed by atoms with E-state index in [-0.39, 0.29) is 0 Å². The summed E-state index contributed by atoms with van der Waals surface area (Å²) in [5.41, 5.74) is 3.82. The Hall–Kier alpha value is -3.93. The molecule has 0 radical (unpaired) electrons. The summed E-state index contributed by atoms with van der Waals surface area (Å²) in [7, 11) is 3.59. The quantitative estimate of drug-likeness (QED) is 0.478. The van der Waals surface area contributed by atoms with Gasteiger partial charge in [0.05, 0.1) is 24.3 Å². The highest BCUT2D eigenvalue weighted by Gasteiger charge is 2.11. The SMILES string of the molecule is COc1cccc(-c2nc(Nc3ccc4c(cnn4C)c3)c3ccccc3n2)c1. The molecule has 5 aromatic rings. The van der Waals surface area contributed by atoms with Crippen molar-refractivity contribution < 1.29 is 4.74 Å². The summed E-state index contributed by atoms with van der Waals surface area (Å²) < 4.78 is 7.21. The topological polar surface area (TPSA) is 64.9 Å². The van der Waals surface area contributed by atoms with E-state index in [2.05, 4.69) is 22.5 Å². The van der Waals surface area contributed by atoms with Crippen LogP contribution in [0, 0.1) is 0 Å². The molecule has 0 spiro atoms. The lowest BCUT2D eigenvalue weighted by Crippen LogP contribution is -1.99. The molecule has 29 heavy (non-hydrogen) atoms. The normalized spacial score (nSPS) is 11.1. The summed E-state index contributed by atoms with van der Waals surface area (Å²) in [6, 6.07) is 21.9. The lowest BCUT2D eigenvalue weighted by atomic mass is 10.1. The number of methoxy groups -OCH3 is 1. The molecule has 0 aliphatic heterocycles. The fraction of sp³-hybridized carbons (Fsp3) is 0.0870. The Kier molecular flexibility index (Phi) is 4.09. The average molecular weight is 381 g/mol. The number of hydrogen-bond acceptors (Lipinski definition) is 5. The molecule has 0 bridgehead atoms. The van der Waals surface area contributed by atoms with E-state index in [1.165, 1.54) is 0 Å². The van der Waals surface area contributed by atoms with E-state index in [9.17, 15) is 0 Å². The van der Waals surface area contributed by atoms with Gasteiger partial charge in [0, 0.05) is 29.1 Å². The average Bonchev–Trinajstić information content (AvgIpc) is 3.14. The Balaban J connectivity index is 1.63. The van der Waals surface area contributed by atoms with Crippen LogP contribution in [0.15, 0.2) is 72.9 Å². The summed E-state index contributed by atoms with van der Waals surface area (Å²) in [5.74, 6) is 2.18. The molecule has 0 aliphatic rings. The maximum absolute atomic E-state index is 5.35. The predicted octanol–water partition coefficient (Wildman–Crippen LogP) is 4.94. The van der Waals surface area contributed by atoms with Crippen LogP contribution in [0.4, 0.5) is 11.5 Å². The van der Waals surface area contributed by atoms with Crippen LogP contribution in [0.3, 0.4) is 0 Å². The molecule has 0 unspecified atom stereocenters. The first kappa shape index (κ1) is 17.2. The van der Waals surface area contributed by atoms with Gasteiger partial charge in [-0.15, -0.1) is 0 Å². The van der Waals surface area contributed by atoms with Crippen LogP contribution in [-0.4, -0.2) is 26.9 Å². The Labute approximate surface area is 167 Å². The minimum absolute atomic E-state index is 0.646. The molecule has 2 heterocycles. The predicted molar refractivity (Wildman–Crippen MR) is 116 cm³/mol. The Morgan fingerprint density at radius 3 is 2.72 bits per heavy atom. The van der Waals surface area contributed by atoms with Crippen molar-refractivity contribution in [2.75, 3.05) is 12.4 Å². The van der Waals surface area contributed by atoms with Crippen LogP contribution in [0.5, 0.6) is 5.75 Å². The van der Waals surface area contributed by atoms with Crippen molar-refractivity contribution in [1.29, 1.82) is 0 Å². The highest BCUT2D eigenvalue weighted by Crippen LogP contribution is 2.29. The molecule has 0 saturated heterocycles. The largest absolute Gasteiger partial charge is 0.497 e. The molecule has 6 heteroatoms. The molecule has 0 saturated carbocycles. The highest BCUT2D eigenvalue weighted by atomic mass is 16.5. The lowest BCUT2D eigenvalue weighted by Gasteiger charge is -2.12. The Morgan fingerprint density at radius 2 is 1.83 bits per heavy atom. The van der Waals surface area contributed by atoms with E-state index < -0.39 is 0 Å². The van der Waals surface area contributed by atoms with Crippen molar-refractivity contribution in [3.63, 3.8) is 0 Å². The minimum atomic E-state index is 0.646. The molecule has 0 amide bonds. The number of ether oxygens (including phenoxy) is 1. The van der Waals surface area contributed by atoms with Gasteiger partial charge in [0.2, 0.25) is 0 Å². The van der Waals surface area contributed by atoms with E-state index in [0.29, 0.717) is 5.82 Å². The molecular formula is C23H19N5O. The van der Waals surface area contributed by atoms with E-state index in [1.54, 1.807) is 7.11 Å². The van der Waals surface area contributed by atoms with E-state index >= 15 is 0 Å². The summed E-state index contributed by atoms with van der Waals surface area (Å²) in [6.45, 7) is 0. The van der Waals surface area contributed by atoms with Gasteiger partial charge in [0.1, 0.15) is 11.6 Å². The van der Waals surface area contributed by atoms with Crippen molar-refractivity contribution >= 4 is 33.3 Å². The number of hydrogen-bond donors (Lipinski definition) is 1. The first-order valence-corrected chi connectivity index (χ1v) is 9.31. The number of benzene rings is 3. The van der Waals surface area contributed by atoms with Crippen molar-refractivity contribution in [2.24, 2.45) is 7.05 Å². The number of nitrogens with zero attached hydrogens (tertiary/aromatic N) is 4. The van der Waals surface area contributed by atoms with Gasteiger partial charge < -0.3 is 10.1 Å². The van der Waals surface area contributed by atoms with Gasteiger partial charge in [-0.1, -0.05) is 24.3 Å². The number of fused-ring (bicyclic) bond motifs is 2. The smallest absolute Gasteiger partial charge is 0.162 e. The zero-order valence-corrected chi connectivity index (χ0v) is 16.1. The third-order valence-corrected chi connectivity index (χ3v) is 4.94. The van der Waals surface area contributed by atoms with Crippen LogP contribution >= 0.6 is 0 Å². The minimum Gasteiger partial charge on any atom is -0.497 e. The van der Waals surface area contributed by atoms with E-state index in [1.807, 2.05) is 72.5 Å². The molecule has 2 aromatic heterocycles.